The molecule has 0 radical (unpaired) electrons. The number of carbonyl (C=O) groups excluding carboxylic acids is 2. The molecule has 4 heteroatoms. The van der Waals surface area contributed by atoms with Gasteiger partial charge in [-0.15, -0.1) is 0 Å². The number of carbonyl (C=O) groups is 2. The van der Waals surface area contributed by atoms with Crippen LogP contribution in [0.25, 0.3) is 0 Å². The summed E-state index contributed by atoms with van der Waals surface area (Å²) in [7, 11) is 1.82. The Kier molecular flexibility index (Phi) is 9.01. The zero-order valence-corrected chi connectivity index (χ0v) is 17.7. The maximum atomic E-state index is 12.1. The lowest BCUT2D eigenvalue weighted by Crippen LogP contribution is -2.26. The Morgan fingerprint density at radius 1 is 0.926 bits per heavy atom. The first-order chi connectivity index (χ1) is 12.9. The first-order valence-corrected chi connectivity index (χ1v) is 10.8. The summed E-state index contributed by atoms with van der Waals surface area (Å²) in [6.07, 6.45) is 12.8. The second kappa shape index (κ2) is 11.0. The van der Waals surface area contributed by atoms with E-state index in [-0.39, 0.29) is 23.8 Å². The summed E-state index contributed by atoms with van der Waals surface area (Å²) in [6.45, 7) is 5.79. The molecule has 0 aliphatic heterocycles. The van der Waals surface area contributed by atoms with Crippen LogP contribution in [-0.4, -0.2) is 31.1 Å². The third kappa shape index (κ3) is 7.77. The van der Waals surface area contributed by atoms with Crippen LogP contribution in [0, 0.1) is 17.8 Å². The van der Waals surface area contributed by atoms with Crippen molar-refractivity contribution in [1.82, 2.24) is 0 Å². The molecule has 2 fully saturated rings. The van der Waals surface area contributed by atoms with Gasteiger partial charge in [-0.3, -0.25) is 4.79 Å². The Labute approximate surface area is 165 Å². The van der Waals surface area contributed by atoms with Gasteiger partial charge in [-0.05, 0) is 83.0 Å². The van der Waals surface area contributed by atoms with Gasteiger partial charge in [-0.2, -0.15) is 0 Å². The minimum absolute atomic E-state index is 0.0585. The minimum Gasteiger partial charge on any atom is -0.462 e. The molecule has 0 aromatic carbocycles. The van der Waals surface area contributed by atoms with E-state index in [1.807, 2.05) is 14.0 Å². The van der Waals surface area contributed by atoms with Gasteiger partial charge in [0, 0.05) is 20.0 Å². The summed E-state index contributed by atoms with van der Waals surface area (Å²) in [4.78, 5) is 23.2. The van der Waals surface area contributed by atoms with E-state index in [2.05, 4.69) is 13.0 Å². The molecule has 0 bridgehead atoms. The van der Waals surface area contributed by atoms with Gasteiger partial charge in [0.05, 0.1) is 6.10 Å². The highest BCUT2D eigenvalue weighted by Gasteiger charge is 2.26. The standard InChI is InChI=1S/C23H38O4/c1-16(13-18(3)24)14-23(25)27-22-11-7-20(8-12-22)17(2)15-19-5-9-21(26-4)10-6-19/h15-16,19-22H,5-14H2,1-4H3. The topological polar surface area (TPSA) is 52.6 Å². The van der Waals surface area contributed by atoms with Crippen LogP contribution >= 0.6 is 0 Å². The number of allylic oxidation sites excluding steroid dienone is 2. The van der Waals surface area contributed by atoms with Crippen LogP contribution in [0.4, 0.5) is 0 Å². The lowest BCUT2D eigenvalue weighted by atomic mass is 9.79. The zero-order valence-electron chi connectivity index (χ0n) is 17.7. The molecule has 0 aromatic heterocycles. The highest BCUT2D eigenvalue weighted by atomic mass is 16.5. The van der Waals surface area contributed by atoms with E-state index in [0.717, 1.165) is 25.7 Å². The number of methoxy groups -OCH3 is 1. The Morgan fingerprint density at radius 2 is 1.52 bits per heavy atom. The van der Waals surface area contributed by atoms with E-state index in [9.17, 15) is 9.59 Å². The van der Waals surface area contributed by atoms with Gasteiger partial charge in [0.15, 0.2) is 0 Å². The molecular weight excluding hydrogens is 340 g/mol. The molecule has 0 heterocycles. The molecule has 2 saturated carbocycles. The third-order valence-electron chi connectivity index (χ3n) is 6.32. The first-order valence-electron chi connectivity index (χ1n) is 10.8. The largest absolute Gasteiger partial charge is 0.462 e. The summed E-state index contributed by atoms with van der Waals surface area (Å²) in [6, 6.07) is 0. The molecule has 2 rings (SSSR count). The van der Waals surface area contributed by atoms with Gasteiger partial charge in [-0.1, -0.05) is 18.6 Å². The van der Waals surface area contributed by atoms with Gasteiger partial charge in [0.25, 0.3) is 0 Å². The van der Waals surface area contributed by atoms with Crippen molar-refractivity contribution in [1.29, 1.82) is 0 Å². The van der Waals surface area contributed by atoms with Crippen molar-refractivity contribution < 1.29 is 19.1 Å². The van der Waals surface area contributed by atoms with Crippen molar-refractivity contribution in [2.75, 3.05) is 7.11 Å². The number of esters is 1. The van der Waals surface area contributed by atoms with Crippen LogP contribution in [0.15, 0.2) is 11.6 Å². The van der Waals surface area contributed by atoms with Gasteiger partial charge in [-0.25, -0.2) is 0 Å². The average Bonchev–Trinajstić information content (AvgIpc) is 2.62. The average molecular weight is 379 g/mol. The van der Waals surface area contributed by atoms with Crippen LogP contribution in [0.5, 0.6) is 0 Å². The Bertz CT molecular complexity index is 508. The predicted molar refractivity (Wildman–Crippen MR) is 107 cm³/mol. The van der Waals surface area contributed by atoms with Crippen LogP contribution < -0.4 is 0 Å². The van der Waals surface area contributed by atoms with Crippen LogP contribution in [-0.2, 0) is 19.1 Å². The molecule has 0 N–H and O–H groups in total. The number of hydrogen-bond donors (Lipinski definition) is 0. The van der Waals surface area contributed by atoms with Gasteiger partial charge < -0.3 is 14.3 Å². The molecule has 1 unspecified atom stereocenters. The van der Waals surface area contributed by atoms with Crippen LogP contribution in [0.2, 0.25) is 0 Å². The molecule has 2 aliphatic rings. The smallest absolute Gasteiger partial charge is 0.306 e. The number of Topliss-reactive ketones (excluding diaryl/α,β-unsaturated/α-hetero) is 1. The maximum Gasteiger partial charge on any atom is 0.306 e. The molecule has 0 saturated heterocycles. The van der Waals surface area contributed by atoms with Gasteiger partial charge in [0.2, 0.25) is 0 Å². The highest BCUT2D eigenvalue weighted by Crippen LogP contribution is 2.34. The lowest BCUT2D eigenvalue weighted by Gasteiger charge is -2.31. The number of ether oxygens (including phenoxy) is 2. The highest BCUT2D eigenvalue weighted by molar-refractivity contribution is 5.77. The van der Waals surface area contributed by atoms with Crippen molar-refractivity contribution in [3.63, 3.8) is 0 Å². The van der Waals surface area contributed by atoms with Crippen LogP contribution in [0.3, 0.4) is 0 Å². The van der Waals surface area contributed by atoms with Crippen molar-refractivity contribution in [3.8, 4) is 0 Å². The number of rotatable bonds is 8. The van der Waals surface area contributed by atoms with E-state index >= 15 is 0 Å². The third-order valence-corrected chi connectivity index (χ3v) is 6.32. The fraction of sp³-hybridized carbons (Fsp3) is 0.826. The maximum absolute atomic E-state index is 12.1. The molecule has 154 valence electrons. The second-order valence-electron chi connectivity index (χ2n) is 8.86. The summed E-state index contributed by atoms with van der Waals surface area (Å²) < 4.78 is 11.1. The van der Waals surface area contributed by atoms with E-state index in [4.69, 9.17) is 9.47 Å². The molecule has 1 atom stereocenters. The molecule has 4 nitrogen and oxygen atoms in total. The SMILES string of the molecule is COC1CCC(C=C(C)C2CCC(OC(=O)CC(C)CC(C)=O)CC2)CC1. The molecule has 0 spiro atoms. The van der Waals surface area contributed by atoms with Crippen LogP contribution in [0.1, 0.15) is 85.0 Å². The van der Waals surface area contributed by atoms with Crippen molar-refractivity contribution in [2.45, 2.75) is 97.2 Å². The molecular formula is C23H38O4. The molecule has 0 amide bonds. The summed E-state index contributed by atoms with van der Waals surface area (Å²) in [5, 5.41) is 0. The fourth-order valence-electron chi connectivity index (χ4n) is 4.72. The van der Waals surface area contributed by atoms with Crippen molar-refractivity contribution >= 4 is 11.8 Å². The summed E-state index contributed by atoms with van der Waals surface area (Å²) >= 11 is 0. The first kappa shape index (κ1) is 22.1. The molecule has 0 aromatic rings. The van der Waals surface area contributed by atoms with E-state index in [1.54, 1.807) is 6.92 Å². The monoisotopic (exact) mass is 378 g/mol. The molecule has 27 heavy (non-hydrogen) atoms. The van der Waals surface area contributed by atoms with Crippen molar-refractivity contribution in [2.24, 2.45) is 17.8 Å². The van der Waals surface area contributed by atoms with Crippen molar-refractivity contribution in [3.05, 3.63) is 11.6 Å². The summed E-state index contributed by atoms with van der Waals surface area (Å²) in [5.74, 6) is 1.40. The minimum atomic E-state index is -0.144. The Hall–Kier alpha value is -1.16. The number of hydrogen-bond acceptors (Lipinski definition) is 4. The molecule has 2 aliphatic carbocycles. The second-order valence-corrected chi connectivity index (χ2v) is 8.86. The quantitative estimate of drug-likeness (QED) is 0.428. The fourth-order valence-corrected chi connectivity index (χ4v) is 4.72. The number of ketones is 1. The predicted octanol–water partition coefficient (Wildman–Crippen LogP) is 5.25. The summed E-state index contributed by atoms with van der Waals surface area (Å²) in [5.41, 5.74) is 1.52. The Morgan fingerprint density at radius 3 is 2.07 bits per heavy atom. The van der Waals surface area contributed by atoms with Gasteiger partial charge >= 0.3 is 5.97 Å². The van der Waals surface area contributed by atoms with E-state index < -0.39 is 0 Å². The van der Waals surface area contributed by atoms with E-state index in [0.29, 0.717) is 30.8 Å². The van der Waals surface area contributed by atoms with E-state index in [1.165, 1.54) is 31.3 Å². The normalized spacial score (nSPS) is 30.6. The lowest BCUT2D eigenvalue weighted by molar-refractivity contribution is -0.151. The Balaban J connectivity index is 1.70. The van der Waals surface area contributed by atoms with Gasteiger partial charge in [0.1, 0.15) is 11.9 Å². The zero-order chi connectivity index (χ0) is 19.8.